The van der Waals surface area contributed by atoms with Crippen molar-refractivity contribution in [3.8, 4) is 0 Å². The number of carbonyl (C=O) groups is 3. The Kier molecular flexibility index (Phi) is 10.4. The number of ketones is 2. The van der Waals surface area contributed by atoms with Gasteiger partial charge in [0.2, 0.25) is 17.2 Å². The van der Waals surface area contributed by atoms with Crippen LogP contribution < -0.4 is 10.6 Å². The van der Waals surface area contributed by atoms with Gasteiger partial charge in [0.1, 0.15) is 0 Å². The van der Waals surface area contributed by atoms with Crippen LogP contribution in [-0.4, -0.2) is 29.7 Å². The second-order valence-corrected chi connectivity index (χ2v) is 10.8. The number of nitrogens with one attached hydrogen (secondary N) is 2. The Labute approximate surface area is 243 Å². The first-order valence-electron chi connectivity index (χ1n) is 14.0. The summed E-state index contributed by atoms with van der Waals surface area (Å²) in [5.74, 6) is -0.331. The van der Waals surface area contributed by atoms with Gasteiger partial charge in [-0.15, -0.1) is 0 Å². The van der Waals surface area contributed by atoms with Crippen LogP contribution in [0.5, 0.6) is 0 Å². The van der Waals surface area contributed by atoms with E-state index in [-0.39, 0.29) is 12.5 Å². The van der Waals surface area contributed by atoms with Crippen molar-refractivity contribution in [3.05, 3.63) is 106 Å². The molecule has 0 radical (unpaired) electrons. The maximum Gasteiger partial charge on any atom is 0.333 e. The fourth-order valence-corrected chi connectivity index (χ4v) is 4.52. The van der Waals surface area contributed by atoms with Crippen molar-refractivity contribution in [2.24, 2.45) is 0 Å². The summed E-state index contributed by atoms with van der Waals surface area (Å²) in [5.41, 5.74) is 5.76. The molecule has 1 heterocycles. The molecule has 0 bridgehead atoms. The number of allylic oxidation sites excluding steroid dienone is 3. The summed E-state index contributed by atoms with van der Waals surface area (Å²) in [6.45, 7) is 19.7. The standard InChI is InChI=1S/C17H20N2O2.C17H19NO2/c1-5-17(11-18-4)15(10-16(20)21-17)19-14-8-6-13(7-9-14)12(2)3;1-4-12-9-16(19)17(20)10-15(12)18-14-7-5-13(6-8-14)11(2)3/h6-10,12,19H,5,11H2,1-3H3;5-11,18H,4H2,1-3H3. The molecule has 2 N–H and O–H groups in total. The third-order valence-corrected chi connectivity index (χ3v) is 7.22. The van der Waals surface area contributed by atoms with Gasteiger partial charge in [-0.25, -0.2) is 11.4 Å². The first kappa shape index (κ1) is 31.1. The van der Waals surface area contributed by atoms with Gasteiger partial charge in [-0.1, -0.05) is 65.8 Å². The highest BCUT2D eigenvalue weighted by Gasteiger charge is 2.45. The molecule has 0 amide bonds. The topological polar surface area (TPSA) is 88.9 Å². The van der Waals surface area contributed by atoms with E-state index in [1.807, 2.05) is 38.1 Å². The SMILES string of the molecule is CCC1=CC(=O)C(=O)C=C1Nc1ccc(C(C)C)cc1.[C-]#[N+]CC1(CC)OC(=O)C=C1Nc1ccc(C(C)C)cc1. The summed E-state index contributed by atoms with van der Waals surface area (Å²) in [4.78, 5) is 37.9. The number of esters is 1. The van der Waals surface area contributed by atoms with Crippen LogP contribution in [-0.2, 0) is 19.1 Å². The third-order valence-electron chi connectivity index (χ3n) is 7.22. The van der Waals surface area contributed by atoms with E-state index in [1.165, 1.54) is 29.4 Å². The number of anilines is 2. The highest BCUT2D eigenvalue weighted by atomic mass is 16.6. The van der Waals surface area contributed by atoms with Crippen molar-refractivity contribution in [1.29, 1.82) is 0 Å². The van der Waals surface area contributed by atoms with Crippen molar-refractivity contribution < 1.29 is 19.1 Å². The molecule has 1 aliphatic heterocycles. The minimum Gasteiger partial charge on any atom is -0.441 e. The van der Waals surface area contributed by atoms with Crippen molar-refractivity contribution in [3.63, 3.8) is 0 Å². The number of hydrogen-bond acceptors (Lipinski definition) is 6. The van der Waals surface area contributed by atoms with Crippen molar-refractivity contribution in [2.45, 2.75) is 71.8 Å². The van der Waals surface area contributed by atoms with E-state index >= 15 is 0 Å². The fourth-order valence-electron chi connectivity index (χ4n) is 4.52. The monoisotopic (exact) mass is 553 g/mol. The second kappa shape index (κ2) is 13.8. The molecule has 2 aliphatic rings. The normalized spacial score (nSPS) is 18.1. The molecular formula is C34H39N3O4. The van der Waals surface area contributed by atoms with Gasteiger partial charge >= 0.3 is 5.97 Å². The maximum absolute atomic E-state index is 11.6. The van der Waals surface area contributed by atoms with Gasteiger partial charge in [-0.3, -0.25) is 9.59 Å². The summed E-state index contributed by atoms with van der Waals surface area (Å²) in [6.07, 6.45) is 5.54. The molecule has 7 heteroatoms. The van der Waals surface area contributed by atoms with E-state index in [0.29, 0.717) is 30.4 Å². The van der Waals surface area contributed by atoms with Crippen LogP contribution in [0, 0.1) is 6.57 Å². The summed E-state index contributed by atoms with van der Waals surface area (Å²) < 4.78 is 5.38. The maximum atomic E-state index is 11.6. The van der Waals surface area contributed by atoms with Crippen molar-refractivity contribution in [2.75, 3.05) is 17.2 Å². The third kappa shape index (κ3) is 7.82. The zero-order chi connectivity index (χ0) is 30.2. The molecule has 0 saturated carbocycles. The molecule has 1 unspecified atom stereocenters. The molecule has 2 aromatic carbocycles. The summed E-state index contributed by atoms with van der Waals surface area (Å²) in [5, 5.41) is 6.45. The molecule has 4 rings (SSSR count). The quantitative estimate of drug-likeness (QED) is 0.146. The van der Waals surface area contributed by atoms with E-state index in [2.05, 4.69) is 67.4 Å². The first-order chi connectivity index (χ1) is 19.5. The Morgan fingerprint density at radius 2 is 1.29 bits per heavy atom. The average Bonchev–Trinajstić information content (AvgIpc) is 3.26. The lowest BCUT2D eigenvalue weighted by molar-refractivity contribution is -0.145. The molecule has 0 aromatic heterocycles. The number of rotatable bonds is 9. The Hall–Kier alpha value is -4.44. The predicted octanol–water partition coefficient (Wildman–Crippen LogP) is 7.32. The van der Waals surface area contributed by atoms with Crippen LogP contribution in [0.3, 0.4) is 0 Å². The second-order valence-electron chi connectivity index (χ2n) is 10.8. The van der Waals surface area contributed by atoms with Gasteiger partial charge in [0.15, 0.2) is 0 Å². The van der Waals surface area contributed by atoms with Crippen molar-refractivity contribution in [1.82, 2.24) is 0 Å². The lowest BCUT2D eigenvalue weighted by Gasteiger charge is -2.25. The first-order valence-corrected chi connectivity index (χ1v) is 14.0. The highest BCUT2D eigenvalue weighted by Crippen LogP contribution is 2.33. The summed E-state index contributed by atoms with van der Waals surface area (Å²) in [6, 6.07) is 16.2. The lowest BCUT2D eigenvalue weighted by Crippen LogP contribution is -2.37. The largest absolute Gasteiger partial charge is 0.441 e. The molecule has 1 atom stereocenters. The molecule has 0 fully saturated rings. The summed E-state index contributed by atoms with van der Waals surface area (Å²) in [7, 11) is 0. The fraction of sp³-hybridized carbons (Fsp3) is 0.353. The van der Waals surface area contributed by atoms with Gasteiger partial charge in [0.05, 0.1) is 5.70 Å². The number of nitrogens with zero attached hydrogens (tertiary/aromatic N) is 1. The van der Waals surface area contributed by atoms with E-state index in [0.717, 1.165) is 22.6 Å². The molecule has 214 valence electrons. The highest BCUT2D eigenvalue weighted by molar-refractivity contribution is 6.46. The molecule has 41 heavy (non-hydrogen) atoms. The number of cyclic esters (lactones) is 1. The van der Waals surface area contributed by atoms with Crippen molar-refractivity contribution >= 4 is 28.9 Å². The number of carbonyl (C=O) groups excluding carboxylic acids is 3. The molecule has 0 spiro atoms. The van der Waals surface area contributed by atoms with E-state index in [4.69, 9.17) is 11.3 Å². The van der Waals surface area contributed by atoms with Crippen LogP contribution in [0.2, 0.25) is 0 Å². The Bertz CT molecular complexity index is 1410. The van der Waals surface area contributed by atoms with Crippen LogP contribution in [0.15, 0.2) is 83.7 Å². The van der Waals surface area contributed by atoms with Gasteiger partial charge < -0.3 is 20.2 Å². The van der Waals surface area contributed by atoms with Crippen LogP contribution in [0.4, 0.5) is 11.4 Å². The van der Waals surface area contributed by atoms with Gasteiger partial charge in [-0.05, 0) is 71.7 Å². The Morgan fingerprint density at radius 3 is 1.76 bits per heavy atom. The molecule has 1 aliphatic carbocycles. The van der Waals surface area contributed by atoms with E-state index in [1.54, 1.807) is 0 Å². The zero-order valence-electron chi connectivity index (χ0n) is 24.7. The predicted molar refractivity (Wildman–Crippen MR) is 163 cm³/mol. The summed E-state index contributed by atoms with van der Waals surface area (Å²) >= 11 is 0. The number of hydrogen-bond donors (Lipinski definition) is 2. The molecule has 0 saturated heterocycles. The van der Waals surface area contributed by atoms with Crippen LogP contribution in [0.1, 0.15) is 77.3 Å². The van der Waals surface area contributed by atoms with Gasteiger partial charge in [0.25, 0.3) is 6.54 Å². The van der Waals surface area contributed by atoms with E-state index < -0.39 is 17.2 Å². The average molecular weight is 554 g/mol. The molecule has 2 aromatic rings. The minimum atomic E-state index is -0.838. The minimum absolute atomic E-state index is 0.137. The molecule has 7 nitrogen and oxygen atoms in total. The number of benzene rings is 2. The Morgan fingerprint density at radius 1 is 0.780 bits per heavy atom. The Balaban J connectivity index is 0.000000226. The molecular weight excluding hydrogens is 514 g/mol. The van der Waals surface area contributed by atoms with Crippen LogP contribution in [0.25, 0.3) is 4.85 Å². The number of ether oxygens (including phenoxy) is 1. The van der Waals surface area contributed by atoms with Crippen LogP contribution >= 0.6 is 0 Å². The smallest absolute Gasteiger partial charge is 0.333 e. The van der Waals surface area contributed by atoms with Gasteiger partial charge in [0, 0.05) is 29.2 Å². The van der Waals surface area contributed by atoms with Gasteiger partial charge in [-0.2, -0.15) is 0 Å². The van der Waals surface area contributed by atoms with E-state index in [9.17, 15) is 14.4 Å². The zero-order valence-corrected chi connectivity index (χ0v) is 24.7. The lowest BCUT2D eigenvalue weighted by atomic mass is 9.96.